The van der Waals surface area contributed by atoms with Crippen molar-refractivity contribution in [3.63, 3.8) is 0 Å². The van der Waals surface area contributed by atoms with Crippen LogP contribution in [0.4, 0.5) is 0 Å². The second-order valence-corrected chi connectivity index (χ2v) is 7.42. The van der Waals surface area contributed by atoms with Gasteiger partial charge in [-0.15, -0.1) is 0 Å². The van der Waals surface area contributed by atoms with Crippen LogP contribution in [0.15, 0.2) is 27.8 Å². The minimum atomic E-state index is -2.03. The van der Waals surface area contributed by atoms with Crippen LogP contribution in [-0.4, -0.2) is 25.5 Å². The molecule has 1 unspecified atom stereocenters. The Balaban J connectivity index is 2.41. The molecule has 4 aromatic carbocycles. The Labute approximate surface area is 156 Å². The molecule has 0 aliphatic heterocycles. The summed E-state index contributed by atoms with van der Waals surface area (Å²) in [5.74, 6) is -2.01. The summed E-state index contributed by atoms with van der Waals surface area (Å²) in [5, 5.41) is 53.6. The Morgan fingerprint density at radius 2 is 1.39 bits per heavy atom. The number of aromatic hydroxyl groups is 3. The van der Waals surface area contributed by atoms with E-state index in [0.717, 1.165) is 6.07 Å². The van der Waals surface area contributed by atoms with Gasteiger partial charge in [0.2, 0.25) is 0 Å². The lowest BCUT2D eigenvalue weighted by Gasteiger charge is -2.30. The summed E-state index contributed by atoms with van der Waals surface area (Å²) in [6.45, 7) is 2.88. The van der Waals surface area contributed by atoms with Gasteiger partial charge in [-0.05, 0) is 36.9 Å². The van der Waals surface area contributed by atoms with E-state index in [2.05, 4.69) is 0 Å². The van der Waals surface area contributed by atoms with Crippen LogP contribution >= 0.6 is 0 Å². The Morgan fingerprint density at radius 3 is 2.07 bits per heavy atom. The number of phenols is 3. The molecule has 7 nitrogen and oxygen atoms in total. The van der Waals surface area contributed by atoms with Gasteiger partial charge in [0.15, 0.2) is 10.9 Å². The quantitative estimate of drug-likeness (QED) is 0.230. The highest BCUT2D eigenvalue weighted by molar-refractivity contribution is 6.29. The molecule has 140 valence electrons. The van der Waals surface area contributed by atoms with Gasteiger partial charge < -0.3 is 25.5 Å². The molecule has 0 aromatic heterocycles. The summed E-state index contributed by atoms with van der Waals surface area (Å²) in [6, 6.07) is 3.34. The summed E-state index contributed by atoms with van der Waals surface area (Å²) >= 11 is 0. The standard InChI is InChI=1S/C21H14O7/c1-6-3-8(22)14-17-12(6)9(23)4-7-13(17)18-15(19(14)26)10(24)5-11(25)16(18)20(27)21(7,2)28/h3-5,23-24,26-28H,1-2H3. The number of hydrogen-bond donors (Lipinski definition) is 5. The molecule has 0 heterocycles. The molecule has 0 bridgehead atoms. The number of aliphatic hydroxyl groups is 2. The summed E-state index contributed by atoms with van der Waals surface area (Å²) in [6.07, 6.45) is 0. The average molecular weight is 378 g/mol. The van der Waals surface area contributed by atoms with E-state index < -0.39 is 33.7 Å². The molecule has 28 heavy (non-hydrogen) atoms. The van der Waals surface area contributed by atoms with Crippen molar-refractivity contribution in [3.05, 3.63) is 55.0 Å². The van der Waals surface area contributed by atoms with Gasteiger partial charge in [-0.2, -0.15) is 0 Å². The molecule has 5 N–H and O–H groups in total. The summed E-state index contributed by atoms with van der Waals surface area (Å²) < 4.78 is 0. The predicted octanol–water partition coefficient (Wildman–Crippen LogP) is 1.34. The second-order valence-electron chi connectivity index (χ2n) is 7.42. The molecule has 1 aliphatic rings. The fourth-order valence-electron chi connectivity index (χ4n) is 4.53. The fraction of sp³-hybridized carbons (Fsp3) is 0.143. The molecule has 5 rings (SSSR count). The topological polar surface area (TPSA) is 135 Å². The van der Waals surface area contributed by atoms with Crippen LogP contribution in [-0.2, 0) is 5.60 Å². The van der Waals surface area contributed by atoms with Gasteiger partial charge in [-0.1, -0.05) is 0 Å². The molecule has 0 spiro atoms. The van der Waals surface area contributed by atoms with Gasteiger partial charge in [0.05, 0.1) is 16.0 Å². The Kier molecular flexibility index (Phi) is 2.74. The van der Waals surface area contributed by atoms with Gasteiger partial charge in [0, 0.05) is 27.8 Å². The van der Waals surface area contributed by atoms with Crippen molar-refractivity contribution in [3.8, 4) is 17.2 Å². The van der Waals surface area contributed by atoms with Crippen LogP contribution in [0.1, 0.15) is 18.1 Å². The molecule has 0 amide bonds. The van der Waals surface area contributed by atoms with E-state index in [0.29, 0.717) is 5.56 Å². The molecule has 1 atom stereocenters. The van der Waals surface area contributed by atoms with Gasteiger partial charge >= 0.3 is 0 Å². The first-order valence-electron chi connectivity index (χ1n) is 8.51. The normalized spacial score (nSPS) is 18.8. The molecule has 0 fully saturated rings. The summed E-state index contributed by atoms with van der Waals surface area (Å²) in [4.78, 5) is 25.3. The zero-order valence-electron chi connectivity index (χ0n) is 14.8. The third kappa shape index (κ3) is 1.59. The Morgan fingerprint density at radius 1 is 0.750 bits per heavy atom. The maximum atomic E-state index is 12.7. The first-order valence-corrected chi connectivity index (χ1v) is 8.51. The summed E-state index contributed by atoms with van der Waals surface area (Å²) in [7, 11) is 0. The molecule has 1 aliphatic carbocycles. The maximum Gasteiger partial charge on any atom is 0.193 e. The van der Waals surface area contributed by atoms with Crippen molar-refractivity contribution in [2.75, 3.05) is 0 Å². The predicted molar refractivity (Wildman–Crippen MR) is 103 cm³/mol. The molecule has 0 radical (unpaired) electrons. The van der Waals surface area contributed by atoms with Gasteiger partial charge in [0.1, 0.15) is 28.6 Å². The fourth-order valence-corrected chi connectivity index (χ4v) is 4.53. The molecular formula is C21H14O7. The Bertz CT molecular complexity index is 1570. The first kappa shape index (κ1) is 16.6. The lowest BCUT2D eigenvalue weighted by Crippen LogP contribution is -2.38. The number of rotatable bonds is 0. The highest BCUT2D eigenvalue weighted by atomic mass is 16.3. The number of benzene rings is 4. The number of hydrogen-bond acceptors (Lipinski definition) is 7. The van der Waals surface area contributed by atoms with Crippen LogP contribution in [0.3, 0.4) is 0 Å². The largest absolute Gasteiger partial charge is 0.508 e. The zero-order valence-corrected chi connectivity index (χ0v) is 14.8. The minimum absolute atomic E-state index is 0.0315. The third-order valence-electron chi connectivity index (χ3n) is 5.76. The zero-order chi connectivity index (χ0) is 20.3. The maximum absolute atomic E-state index is 12.7. The number of aliphatic hydroxyl groups excluding tert-OH is 1. The van der Waals surface area contributed by atoms with E-state index in [-0.39, 0.29) is 48.8 Å². The smallest absolute Gasteiger partial charge is 0.193 e. The van der Waals surface area contributed by atoms with Crippen molar-refractivity contribution in [2.45, 2.75) is 19.4 Å². The van der Waals surface area contributed by atoms with Crippen LogP contribution < -0.4 is 16.1 Å². The van der Waals surface area contributed by atoms with E-state index in [1.54, 1.807) is 6.92 Å². The van der Waals surface area contributed by atoms with Crippen molar-refractivity contribution in [1.29, 1.82) is 0 Å². The van der Waals surface area contributed by atoms with Crippen LogP contribution in [0, 0.1) is 6.92 Å². The Hall–Kier alpha value is -3.58. The summed E-state index contributed by atoms with van der Waals surface area (Å²) in [5.41, 5.74) is -2.80. The second kappa shape index (κ2) is 4.63. The monoisotopic (exact) mass is 378 g/mol. The van der Waals surface area contributed by atoms with Crippen molar-refractivity contribution in [2.24, 2.45) is 0 Å². The molecule has 7 heteroatoms. The van der Waals surface area contributed by atoms with Crippen LogP contribution in [0.2, 0.25) is 0 Å². The van der Waals surface area contributed by atoms with E-state index in [1.807, 2.05) is 0 Å². The van der Waals surface area contributed by atoms with Crippen molar-refractivity contribution >= 4 is 38.1 Å². The third-order valence-corrected chi connectivity index (χ3v) is 5.76. The lowest BCUT2D eigenvalue weighted by atomic mass is 9.78. The van der Waals surface area contributed by atoms with Gasteiger partial charge in [-0.3, -0.25) is 9.59 Å². The molecule has 0 saturated carbocycles. The van der Waals surface area contributed by atoms with Gasteiger partial charge in [-0.25, -0.2) is 0 Å². The molecule has 0 saturated heterocycles. The molecular weight excluding hydrogens is 364 g/mol. The number of phenolic OH excluding ortho intramolecular Hbond substituents is 3. The highest BCUT2D eigenvalue weighted by Gasteiger charge is 2.39. The van der Waals surface area contributed by atoms with Crippen LogP contribution in [0.5, 0.6) is 17.2 Å². The number of aryl methyl sites for hydroxylation is 1. The van der Waals surface area contributed by atoms with E-state index in [4.69, 9.17) is 0 Å². The van der Waals surface area contributed by atoms with Gasteiger partial charge in [0.25, 0.3) is 0 Å². The van der Waals surface area contributed by atoms with Crippen molar-refractivity contribution < 1.29 is 25.5 Å². The van der Waals surface area contributed by atoms with E-state index in [1.165, 1.54) is 19.1 Å². The average Bonchev–Trinajstić information content (AvgIpc) is 2.58. The minimum Gasteiger partial charge on any atom is -0.508 e. The van der Waals surface area contributed by atoms with E-state index >= 15 is 0 Å². The SMILES string of the molecule is Cc1cc(=O)c2c(O)c3c(O)cc(=O)c4c3c3c(cc(O)c1c23)C(C)(O)C=4O. The van der Waals surface area contributed by atoms with E-state index in [9.17, 15) is 35.1 Å². The lowest BCUT2D eigenvalue weighted by molar-refractivity contribution is 0.0907. The van der Waals surface area contributed by atoms with Crippen molar-refractivity contribution in [1.82, 2.24) is 0 Å². The van der Waals surface area contributed by atoms with Crippen LogP contribution in [0.25, 0.3) is 38.1 Å². The first-order chi connectivity index (χ1) is 13.1. The molecule has 4 aromatic rings. The highest BCUT2D eigenvalue weighted by Crippen LogP contribution is 2.50.